The number of carbonyl (C=O) groups excluding carboxylic acids is 1. The standard InChI is InChI=1S/C17H16N2O4/c20-16(12-6-3-7-15(8-12)19(22)23)18-11-17(21)9-13-4-1-2-5-14(13)10-17/h1-8,21H,9-11H2,(H,18,20). The molecule has 2 aromatic rings. The highest BCUT2D eigenvalue weighted by Gasteiger charge is 2.35. The van der Waals surface area contributed by atoms with Crippen LogP contribution in [0.2, 0.25) is 0 Å². The smallest absolute Gasteiger partial charge is 0.270 e. The lowest BCUT2D eigenvalue weighted by atomic mass is 10.0. The number of nitrogens with one attached hydrogen (secondary N) is 1. The molecule has 0 radical (unpaired) electrons. The van der Waals surface area contributed by atoms with Crippen molar-refractivity contribution in [3.63, 3.8) is 0 Å². The number of carbonyl (C=O) groups is 1. The molecular weight excluding hydrogens is 296 g/mol. The molecule has 1 aliphatic carbocycles. The average Bonchev–Trinajstić information content (AvgIpc) is 2.89. The van der Waals surface area contributed by atoms with E-state index >= 15 is 0 Å². The van der Waals surface area contributed by atoms with Gasteiger partial charge in [-0.2, -0.15) is 0 Å². The Hall–Kier alpha value is -2.73. The fraction of sp³-hybridized carbons (Fsp3) is 0.235. The first-order valence-electron chi connectivity index (χ1n) is 7.29. The highest BCUT2D eigenvalue weighted by atomic mass is 16.6. The molecule has 0 spiro atoms. The summed E-state index contributed by atoms with van der Waals surface area (Å²) in [6.07, 6.45) is 0.969. The number of hydrogen-bond acceptors (Lipinski definition) is 4. The molecule has 2 aromatic carbocycles. The summed E-state index contributed by atoms with van der Waals surface area (Å²) in [6, 6.07) is 13.3. The molecule has 118 valence electrons. The molecule has 0 fully saturated rings. The minimum atomic E-state index is -1.01. The topological polar surface area (TPSA) is 92.5 Å². The Kier molecular flexibility index (Phi) is 3.83. The van der Waals surface area contributed by atoms with Gasteiger partial charge in [0.05, 0.1) is 10.5 Å². The Labute approximate surface area is 132 Å². The minimum Gasteiger partial charge on any atom is -0.387 e. The summed E-state index contributed by atoms with van der Waals surface area (Å²) in [5, 5.41) is 24.1. The summed E-state index contributed by atoms with van der Waals surface area (Å²) >= 11 is 0. The van der Waals surface area contributed by atoms with Crippen LogP contribution in [0.1, 0.15) is 21.5 Å². The Morgan fingerprint density at radius 2 is 1.83 bits per heavy atom. The third-order valence-corrected chi connectivity index (χ3v) is 4.05. The second-order valence-electron chi connectivity index (χ2n) is 5.84. The number of nitro groups is 1. The maximum atomic E-state index is 12.1. The Morgan fingerprint density at radius 1 is 1.17 bits per heavy atom. The lowest BCUT2D eigenvalue weighted by Crippen LogP contribution is -2.43. The van der Waals surface area contributed by atoms with E-state index in [4.69, 9.17) is 0 Å². The molecule has 6 nitrogen and oxygen atoms in total. The van der Waals surface area contributed by atoms with E-state index in [1.54, 1.807) is 0 Å². The van der Waals surface area contributed by atoms with E-state index in [-0.39, 0.29) is 17.8 Å². The van der Waals surface area contributed by atoms with E-state index in [9.17, 15) is 20.0 Å². The summed E-state index contributed by atoms with van der Waals surface area (Å²) in [5.74, 6) is -0.432. The number of nitro benzene ring substituents is 1. The second-order valence-corrected chi connectivity index (χ2v) is 5.84. The highest BCUT2D eigenvalue weighted by molar-refractivity contribution is 5.94. The summed E-state index contributed by atoms with van der Waals surface area (Å²) in [5.41, 5.74) is 1.22. The van der Waals surface area contributed by atoms with Crippen LogP contribution in [0.3, 0.4) is 0 Å². The zero-order chi connectivity index (χ0) is 16.4. The van der Waals surface area contributed by atoms with Crippen LogP contribution in [-0.4, -0.2) is 28.1 Å². The lowest BCUT2D eigenvalue weighted by Gasteiger charge is -2.22. The molecule has 0 atom stereocenters. The molecule has 23 heavy (non-hydrogen) atoms. The van der Waals surface area contributed by atoms with Gasteiger partial charge in [-0.15, -0.1) is 0 Å². The van der Waals surface area contributed by atoms with E-state index in [2.05, 4.69) is 5.32 Å². The van der Waals surface area contributed by atoms with E-state index in [1.807, 2.05) is 24.3 Å². The molecule has 0 heterocycles. The van der Waals surface area contributed by atoms with Crippen LogP contribution in [0.25, 0.3) is 0 Å². The molecule has 2 N–H and O–H groups in total. The van der Waals surface area contributed by atoms with Gasteiger partial charge in [-0.25, -0.2) is 0 Å². The van der Waals surface area contributed by atoms with Crippen LogP contribution in [0, 0.1) is 10.1 Å². The predicted molar refractivity (Wildman–Crippen MR) is 84.2 cm³/mol. The number of non-ortho nitro benzene ring substituents is 1. The van der Waals surface area contributed by atoms with Gasteiger partial charge in [0.2, 0.25) is 0 Å². The van der Waals surface area contributed by atoms with Gasteiger partial charge in [-0.05, 0) is 17.2 Å². The van der Waals surface area contributed by atoms with Crippen molar-refractivity contribution in [2.45, 2.75) is 18.4 Å². The van der Waals surface area contributed by atoms with Gasteiger partial charge < -0.3 is 10.4 Å². The van der Waals surface area contributed by atoms with E-state index in [0.29, 0.717) is 12.8 Å². The molecule has 6 heteroatoms. The quantitative estimate of drug-likeness (QED) is 0.665. The molecule has 1 aliphatic rings. The van der Waals surface area contributed by atoms with Gasteiger partial charge in [0.1, 0.15) is 0 Å². The van der Waals surface area contributed by atoms with Gasteiger partial charge in [-0.3, -0.25) is 14.9 Å². The van der Waals surface area contributed by atoms with Crippen molar-refractivity contribution in [3.05, 3.63) is 75.3 Å². The number of rotatable bonds is 4. The minimum absolute atomic E-state index is 0.100. The monoisotopic (exact) mass is 312 g/mol. The molecule has 0 unspecified atom stereocenters. The fourth-order valence-corrected chi connectivity index (χ4v) is 2.91. The first-order valence-corrected chi connectivity index (χ1v) is 7.29. The number of benzene rings is 2. The Morgan fingerprint density at radius 3 is 2.43 bits per heavy atom. The molecule has 0 aliphatic heterocycles. The number of amides is 1. The van der Waals surface area contributed by atoms with Gasteiger partial charge in [0.25, 0.3) is 11.6 Å². The zero-order valence-corrected chi connectivity index (χ0v) is 12.4. The summed E-state index contributed by atoms with van der Waals surface area (Å²) < 4.78 is 0. The largest absolute Gasteiger partial charge is 0.387 e. The Balaban J connectivity index is 1.66. The van der Waals surface area contributed by atoms with Crippen molar-refractivity contribution in [1.29, 1.82) is 0 Å². The van der Waals surface area contributed by atoms with Crippen LogP contribution in [0.15, 0.2) is 48.5 Å². The number of hydrogen-bond donors (Lipinski definition) is 2. The van der Waals surface area contributed by atoms with E-state index in [1.165, 1.54) is 24.3 Å². The maximum Gasteiger partial charge on any atom is 0.270 e. The van der Waals surface area contributed by atoms with Crippen molar-refractivity contribution in [3.8, 4) is 0 Å². The van der Waals surface area contributed by atoms with Gasteiger partial charge in [-0.1, -0.05) is 30.3 Å². The third kappa shape index (κ3) is 3.22. The van der Waals surface area contributed by atoms with Crippen LogP contribution in [0.4, 0.5) is 5.69 Å². The SMILES string of the molecule is O=C(NCC1(O)Cc2ccccc2C1)c1cccc([N+](=O)[O-])c1. The second kappa shape index (κ2) is 5.81. The van der Waals surface area contributed by atoms with Crippen molar-refractivity contribution in [2.75, 3.05) is 6.54 Å². The van der Waals surface area contributed by atoms with Gasteiger partial charge >= 0.3 is 0 Å². The molecular formula is C17H16N2O4. The van der Waals surface area contributed by atoms with Crippen molar-refractivity contribution in [1.82, 2.24) is 5.32 Å². The molecule has 0 aromatic heterocycles. The fourth-order valence-electron chi connectivity index (χ4n) is 2.91. The van der Waals surface area contributed by atoms with Crippen molar-refractivity contribution in [2.24, 2.45) is 0 Å². The molecule has 1 amide bonds. The molecule has 0 saturated heterocycles. The maximum absolute atomic E-state index is 12.1. The van der Waals surface area contributed by atoms with Crippen molar-refractivity contribution < 1.29 is 14.8 Å². The number of fused-ring (bicyclic) bond motifs is 1. The van der Waals surface area contributed by atoms with Gasteiger partial charge in [0, 0.05) is 37.1 Å². The lowest BCUT2D eigenvalue weighted by molar-refractivity contribution is -0.384. The van der Waals surface area contributed by atoms with Crippen LogP contribution in [-0.2, 0) is 12.8 Å². The summed E-state index contributed by atoms with van der Waals surface area (Å²) in [6.45, 7) is 0.100. The number of aliphatic hydroxyl groups is 1. The Bertz CT molecular complexity index is 748. The van der Waals surface area contributed by atoms with Crippen LogP contribution < -0.4 is 5.32 Å². The highest BCUT2D eigenvalue weighted by Crippen LogP contribution is 2.29. The van der Waals surface area contributed by atoms with Crippen molar-refractivity contribution >= 4 is 11.6 Å². The average molecular weight is 312 g/mol. The normalized spacial score (nSPS) is 15.0. The number of nitrogens with zero attached hydrogens (tertiary/aromatic N) is 1. The molecule has 3 rings (SSSR count). The van der Waals surface area contributed by atoms with E-state index < -0.39 is 16.4 Å². The summed E-state index contributed by atoms with van der Waals surface area (Å²) in [4.78, 5) is 22.4. The van der Waals surface area contributed by atoms with Crippen LogP contribution >= 0.6 is 0 Å². The molecule has 0 saturated carbocycles. The first kappa shape index (κ1) is 15.2. The summed E-state index contributed by atoms with van der Waals surface area (Å²) in [7, 11) is 0. The molecule has 0 bridgehead atoms. The zero-order valence-electron chi connectivity index (χ0n) is 12.4. The van der Waals surface area contributed by atoms with Crippen LogP contribution in [0.5, 0.6) is 0 Å². The van der Waals surface area contributed by atoms with Gasteiger partial charge in [0.15, 0.2) is 0 Å². The third-order valence-electron chi connectivity index (χ3n) is 4.05. The predicted octanol–water partition coefficient (Wildman–Crippen LogP) is 1.85. The van der Waals surface area contributed by atoms with E-state index in [0.717, 1.165) is 11.1 Å². The first-order chi connectivity index (χ1) is 11.0.